The number of hydrogen-bond donors (Lipinski definition) is 2. The number of carbonyl (C=O) groups excluding carboxylic acids is 2. The molecule has 0 bridgehead atoms. The Labute approximate surface area is 150 Å². The molecule has 0 saturated heterocycles. The van der Waals surface area contributed by atoms with Crippen molar-refractivity contribution in [2.45, 2.75) is 33.1 Å². The molecule has 1 aromatic rings. The molecular weight excluding hydrogens is 318 g/mol. The molecule has 2 amide bonds. The predicted molar refractivity (Wildman–Crippen MR) is 101 cm³/mol. The van der Waals surface area contributed by atoms with Crippen molar-refractivity contribution in [1.82, 2.24) is 10.2 Å². The van der Waals surface area contributed by atoms with Crippen LogP contribution in [0.5, 0.6) is 0 Å². The molecule has 1 aromatic carbocycles. The zero-order valence-corrected chi connectivity index (χ0v) is 15.6. The average Bonchev–Trinajstić information content (AvgIpc) is 2.63. The van der Waals surface area contributed by atoms with E-state index in [0.717, 1.165) is 38.0 Å². The summed E-state index contributed by atoms with van der Waals surface area (Å²) in [4.78, 5) is 26.3. The van der Waals surface area contributed by atoms with Crippen molar-refractivity contribution >= 4 is 17.5 Å². The molecule has 0 aliphatic carbocycles. The van der Waals surface area contributed by atoms with Crippen LogP contribution >= 0.6 is 0 Å². The summed E-state index contributed by atoms with van der Waals surface area (Å²) in [5.41, 5.74) is 1.42. The van der Waals surface area contributed by atoms with Crippen LogP contribution in [0, 0.1) is 0 Å². The second-order valence-electron chi connectivity index (χ2n) is 5.92. The second kappa shape index (κ2) is 12.3. The van der Waals surface area contributed by atoms with Crippen LogP contribution in [-0.2, 0) is 9.53 Å². The number of anilines is 1. The minimum absolute atomic E-state index is 0.0383. The van der Waals surface area contributed by atoms with Gasteiger partial charge in [-0.25, -0.2) is 0 Å². The lowest BCUT2D eigenvalue weighted by Gasteiger charge is -2.21. The third kappa shape index (κ3) is 8.03. The van der Waals surface area contributed by atoms with Crippen LogP contribution in [0.4, 0.5) is 5.69 Å². The number of nitrogens with one attached hydrogen (secondary N) is 2. The lowest BCUT2D eigenvalue weighted by Crippen LogP contribution is -2.32. The van der Waals surface area contributed by atoms with Crippen molar-refractivity contribution < 1.29 is 14.3 Å². The lowest BCUT2D eigenvalue weighted by atomic mass is 10.1. The van der Waals surface area contributed by atoms with Gasteiger partial charge in [0.05, 0.1) is 6.54 Å². The van der Waals surface area contributed by atoms with Crippen LogP contribution in [0.3, 0.4) is 0 Å². The largest absolute Gasteiger partial charge is 0.385 e. The molecule has 0 spiro atoms. The van der Waals surface area contributed by atoms with Gasteiger partial charge in [-0.1, -0.05) is 19.9 Å². The van der Waals surface area contributed by atoms with Gasteiger partial charge in [-0.05, 0) is 37.5 Å². The van der Waals surface area contributed by atoms with Crippen molar-refractivity contribution in [3.63, 3.8) is 0 Å². The fourth-order valence-corrected chi connectivity index (χ4v) is 2.49. The van der Waals surface area contributed by atoms with Gasteiger partial charge in [0, 0.05) is 44.6 Å². The number of ether oxygens (including phenoxy) is 1. The van der Waals surface area contributed by atoms with Crippen LogP contribution in [0.2, 0.25) is 0 Å². The monoisotopic (exact) mass is 349 g/mol. The Bertz CT molecular complexity index is 528. The van der Waals surface area contributed by atoms with Crippen molar-refractivity contribution in [2.24, 2.45) is 0 Å². The normalized spacial score (nSPS) is 10.4. The number of nitrogens with zero attached hydrogens (tertiary/aromatic N) is 1. The van der Waals surface area contributed by atoms with Gasteiger partial charge in [-0.3, -0.25) is 9.59 Å². The highest BCUT2D eigenvalue weighted by Gasteiger charge is 2.14. The highest BCUT2D eigenvalue weighted by Crippen LogP contribution is 2.13. The van der Waals surface area contributed by atoms with Crippen molar-refractivity contribution in [2.75, 3.05) is 45.2 Å². The summed E-state index contributed by atoms with van der Waals surface area (Å²) in [5.74, 6) is -0.0391. The Morgan fingerprint density at radius 1 is 1.16 bits per heavy atom. The van der Waals surface area contributed by atoms with E-state index in [1.807, 2.05) is 23.1 Å². The van der Waals surface area contributed by atoms with E-state index < -0.39 is 0 Å². The minimum Gasteiger partial charge on any atom is -0.385 e. The molecule has 2 N–H and O–H groups in total. The summed E-state index contributed by atoms with van der Waals surface area (Å²) in [6.45, 7) is 7.05. The molecular formula is C19H31N3O3. The maximum Gasteiger partial charge on any atom is 0.253 e. The highest BCUT2D eigenvalue weighted by atomic mass is 16.5. The Balaban J connectivity index is 2.56. The Hall–Kier alpha value is -2.08. The zero-order chi connectivity index (χ0) is 18.5. The van der Waals surface area contributed by atoms with Gasteiger partial charge in [0.25, 0.3) is 5.91 Å². The minimum atomic E-state index is -0.0774. The number of methoxy groups -OCH3 is 1. The first-order valence-electron chi connectivity index (χ1n) is 9.01. The molecule has 0 saturated carbocycles. The maximum atomic E-state index is 12.6. The third-order valence-corrected chi connectivity index (χ3v) is 3.68. The van der Waals surface area contributed by atoms with E-state index >= 15 is 0 Å². The van der Waals surface area contributed by atoms with Crippen LogP contribution in [0.1, 0.15) is 43.5 Å². The van der Waals surface area contributed by atoms with E-state index in [1.165, 1.54) is 0 Å². The molecule has 140 valence electrons. The first-order valence-corrected chi connectivity index (χ1v) is 9.01. The van der Waals surface area contributed by atoms with Gasteiger partial charge in [0.15, 0.2) is 0 Å². The third-order valence-electron chi connectivity index (χ3n) is 3.68. The maximum absolute atomic E-state index is 12.6. The van der Waals surface area contributed by atoms with Gasteiger partial charge < -0.3 is 20.3 Å². The Morgan fingerprint density at radius 2 is 1.88 bits per heavy atom. The SMILES string of the molecule is CCCN(CCC)C(=O)c1cccc(NCC(=O)NCCCOC)c1. The average molecular weight is 349 g/mol. The number of carbonyl (C=O) groups is 2. The summed E-state index contributed by atoms with van der Waals surface area (Å²) in [6, 6.07) is 7.32. The number of rotatable bonds is 12. The van der Waals surface area contributed by atoms with Gasteiger partial charge >= 0.3 is 0 Å². The smallest absolute Gasteiger partial charge is 0.253 e. The Morgan fingerprint density at radius 3 is 2.52 bits per heavy atom. The van der Waals surface area contributed by atoms with Gasteiger partial charge in [0.1, 0.15) is 0 Å². The number of amides is 2. The van der Waals surface area contributed by atoms with Crippen molar-refractivity contribution in [3.8, 4) is 0 Å². The van der Waals surface area contributed by atoms with Crippen molar-refractivity contribution in [3.05, 3.63) is 29.8 Å². The fraction of sp³-hybridized carbons (Fsp3) is 0.579. The molecule has 0 aromatic heterocycles. The standard InChI is InChI=1S/C19H31N3O3/c1-4-11-22(12-5-2)19(24)16-8-6-9-17(14-16)21-15-18(23)20-10-7-13-25-3/h6,8-9,14,21H,4-5,7,10-13,15H2,1-3H3,(H,20,23). The zero-order valence-electron chi connectivity index (χ0n) is 15.6. The molecule has 0 unspecified atom stereocenters. The highest BCUT2D eigenvalue weighted by molar-refractivity contribution is 5.95. The summed E-state index contributed by atoms with van der Waals surface area (Å²) >= 11 is 0. The first kappa shape index (κ1) is 21.0. The quantitative estimate of drug-likeness (QED) is 0.569. The van der Waals surface area contributed by atoms with Gasteiger partial charge in [0.2, 0.25) is 5.91 Å². The molecule has 6 nitrogen and oxygen atoms in total. The summed E-state index contributed by atoms with van der Waals surface area (Å²) in [5, 5.41) is 5.89. The van der Waals surface area contributed by atoms with E-state index in [-0.39, 0.29) is 18.4 Å². The second-order valence-corrected chi connectivity index (χ2v) is 5.92. The Kier molecular flexibility index (Phi) is 10.3. The molecule has 0 aliphatic heterocycles. The van der Waals surface area contributed by atoms with E-state index in [9.17, 15) is 9.59 Å². The summed E-state index contributed by atoms with van der Waals surface area (Å²) in [7, 11) is 1.64. The van der Waals surface area contributed by atoms with Gasteiger partial charge in [-0.2, -0.15) is 0 Å². The molecule has 0 radical (unpaired) electrons. The van der Waals surface area contributed by atoms with E-state index in [2.05, 4.69) is 24.5 Å². The summed E-state index contributed by atoms with van der Waals surface area (Å²) < 4.78 is 4.94. The van der Waals surface area contributed by atoms with Crippen LogP contribution < -0.4 is 10.6 Å². The predicted octanol–water partition coefficient (Wildman–Crippen LogP) is 2.51. The molecule has 0 atom stereocenters. The molecule has 25 heavy (non-hydrogen) atoms. The van der Waals surface area contributed by atoms with E-state index in [0.29, 0.717) is 18.7 Å². The van der Waals surface area contributed by atoms with Crippen LogP contribution in [0.15, 0.2) is 24.3 Å². The lowest BCUT2D eigenvalue weighted by molar-refractivity contribution is -0.119. The van der Waals surface area contributed by atoms with Gasteiger partial charge in [-0.15, -0.1) is 0 Å². The molecule has 0 aliphatic rings. The molecule has 0 fully saturated rings. The molecule has 1 rings (SSSR count). The van der Waals surface area contributed by atoms with E-state index in [4.69, 9.17) is 4.74 Å². The van der Waals surface area contributed by atoms with E-state index in [1.54, 1.807) is 13.2 Å². The molecule has 0 heterocycles. The fourth-order valence-electron chi connectivity index (χ4n) is 2.49. The number of benzene rings is 1. The first-order chi connectivity index (χ1) is 12.1. The van der Waals surface area contributed by atoms with Crippen LogP contribution in [0.25, 0.3) is 0 Å². The van der Waals surface area contributed by atoms with Crippen molar-refractivity contribution in [1.29, 1.82) is 0 Å². The number of hydrogen-bond acceptors (Lipinski definition) is 4. The summed E-state index contributed by atoms with van der Waals surface area (Å²) in [6.07, 6.45) is 2.66. The molecule has 6 heteroatoms. The topological polar surface area (TPSA) is 70.7 Å². The van der Waals surface area contributed by atoms with Crippen LogP contribution in [-0.4, -0.2) is 56.6 Å².